The van der Waals surface area contributed by atoms with Crippen LogP contribution in [0.2, 0.25) is 0 Å². The average molecular weight is 187 g/mol. The first-order valence-corrected chi connectivity index (χ1v) is 3.35. The fourth-order valence-electron chi connectivity index (χ4n) is 0.843. The van der Waals surface area contributed by atoms with Gasteiger partial charge in [-0.1, -0.05) is 0 Å². The van der Waals surface area contributed by atoms with Gasteiger partial charge in [-0.15, -0.1) is 0 Å². The first kappa shape index (κ1) is 9.37. The monoisotopic (exact) mass is 187 g/mol. The maximum atomic E-state index is 12.2. The maximum absolute atomic E-state index is 12.2. The van der Waals surface area contributed by atoms with Crippen LogP contribution in [0.3, 0.4) is 0 Å². The zero-order valence-corrected chi connectivity index (χ0v) is 6.50. The van der Waals surface area contributed by atoms with E-state index in [0.717, 1.165) is 6.07 Å². The number of alkyl halides is 2. The second kappa shape index (κ2) is 3.34. The molecule has 0 atom stereocenters. The zero-order valence-electron chi connectivity index (χ0n) is 6.50. The third-order valence-corrected chi connectivity index (χ3v) is 1.51. The van der Waals surface area contributed by atoms with E-state index in [1.807, 2.05) is 0 Å². The number of carbonyl (C=O) groups excluding carboxylic acids is 1. The molecule has 0 amide bonds. The molecule has 0 bridgehead atoms. The summed E-state index contributed by atoms with van der Waals surface area (Å²) in [5.74, 6) is -0.491. The highest BCUT2D eigenvalue weighted by atomic mass is 19.3. The van der Waals surface area contributed by atoms with Gasteiger partial charge >= 0.3 is 0 Å². The Morgan fingerprint density at radius 2 is 2.00 bits per heavy atom. The highest BCUT2D eigenvalue weighted by molar-refractivity contribution is 5.82. The van der Waals surface area contributed by atoms with Crippen LogP contribution in [-0.4, -0.2) is 11.3 Å². The molecule has 1 heterocycles. The van der Waals surface area contributed by atoms with E-state index < -0.39 is 12.0 Å². The summed E-state index contributed by atoms with van der Waals surface area (Å²) in [6, 6.07) is 0.940. The van der Waals surface area contributed by atoms with E-state index in [4.69, 9.17) is 11.5 Å². The summed E-state index contributed by atoms with van der Waals surface area (Å²) in [4.78, 5) is 13.7. The molecule has 13 heavy (non-hydrogen) atoms. The molecule has 0 aliphatic heterocycles. The molecule has 1 aromatic rings. The van der Waals surface area contributed by atoms with Crippen molar-refractivity contribution in [2.24, 2.45) is 0 Å². The van der Waals surface area contributed by atoms with E-state index in [2.05, 4.69) is 4.98 Å². The fraction of sp³-hybridized carbons (Fsp3) is 0.143. The molecule has 1 aromatic heterocycles. The van der Waals surface area contributed by atoms with Crippen LogP contribution in [0, 0.1) is 0 Å². The lowest BCUT2D eigenvalue weighted by atomic mass is 10.2. The molecule has 0 aromatic carbocycles. The number of nitrogen functional groups attached to an aromatic ring is 2. The Kier molecular flexibility index (Phi) is 2.41. The van der Waals surface area contributed by atoms with Gasteiger partial charge < -0.3 is 11.5 Å². The van der Waals surface area contributed by atoms with Crippen LogP contribution < -0.4 is 11.5 Å². The van der Waals surface area contributed by atoms with Crippen molar-refractivity contribution in [1.82, 2.24) is 4.98 Å². The second-order valence-electron chi connectivity index (χ2n) is 2.36. The Balaban J connectivity index is 3.30. The molecular formula is C7H7F2N3O. The normalized spacial score (nSPS) is 10.4. The molecule has 0 fully saturated rings. The quantitative estimate of drug-likeness (QED) is 0.676. The largest absolute Gasteiger partial charge is 0.383 e. The first-order chi connectivity index (χ1) is 6.06. The van der Waals surface area contributed by atoms with Gasteiger partial charge in [0.15, 0.2) is 6.29 Å². The van der Waals surface area contributed by atoms with Crippen molar-refractivity contribution in [3.05, 3.63) is 17.2 Å². The molecule has 0 aliphatic rings. The molecule has 1 rings (SSSR count). The first-order valence-electron chi connectivity index (χ1n) is 3.35. The van der Waals surface area contributed by atoms with Crippen LogP contribution >= 0.6 is 0 Å². The lowest BCUT2D eigenvalue weighted by Crippen LogP contribution is -2.05. The second-order valence-corrected chi connectivity index (χ2v) is 2.36. The third-order valence-electron chi connectivity index (χ3n) is 1.51. The van der Waals surface area contributed by atoms with Crippen LogP contribution in [0.4, 0.5) is 20.4 Å². The molecule has 4 nitrogen and oxygen atoms in total. The summed E-state index contributed by atoms with van der Waals surface area (Å²) < 4.78 is 24.4. The van der Waals surface area contributed by atoms with Crippen molar-refractivity contribution in [1.29, 1.82) is 0 Å². The van der Waals surface area contributed by atoms with Crippen LogP contribution in [0.25, 0.3) is 0 Å². The van der Waals surface area contributed by atoms with Gasteiger partial charge in [0, 0.05) is 0 Å². The van der Waals surface area contributed by atoms with Gasteiger partial charge in [-0.05, 0) is 6.07 Å². The predicted molar refractivity (Wildman–Crippen MR) is 43.4 cm³/mol. The van der Waals surface area contributed by atoms with Gasteiger partial charge in [-0.25, -0.2) is 13.8 Å². The number of rotatable bonds is 2. The fourth-order valence-corrected chi connectivity index (χ4v) is 0.843. The van der Waals surface area contributed by atoms with Crippen LogP contribution in [0.5, 0.6) is 0 Å². The van der Waals surface area contributed by atoms with Crippen LogP contribution in [0.1, 0.15) is 22.3 Å². The third kappa shape index (κ3) is 1.71. The molecular weight excluding hydrogens is 180 g/mol. The molecule has 0 radical (unpaired) electrons. The predicted octanol–water partition coefficient (Wildman–Crippen LogP) is 0.996. The summed E-state index contributed by atoms with van der Waals surface area (Å²) in [6.45, 7) is 0. The Hall–Kier alpha value is -1.72. The number of nitrogens with zero attached hydrogens (tertiary/aromatic N) is 1. The number of anilines is 2. The van der Waals surface area contributed by atoms with Gasteiger partial charge in [0.05, 0.1) is 11.1 Å². The van der Waals surface area contributed by atoms with Gasteiger partial charge in [-0.2, -0.15) is 0 Å². The van der Waals surface area contributed by atoms with E-state index in [9.17, 15) is 13.6 Å². The SMILES string of the molecule is Nc1nc(N)c(C(F)F)cc1C=O. The summed E-state index contributed by atoms with van der Waals surface area (Å²) in [5, 5.41) is 0. The molecule has 0 unspecified atom stereocenters. The van der Waals surface area contributed by atoms with Gasteiger partial charge in [0.2, 0.25) is 0 Å². The molecule has 6 heteroatoms. The number of pyridine rings is 1. The van der Waals surface area contributed by atoms with Gasteiger partial charge in [0.25, 0.3) is 6.43 Å². The Morgan fingerprint density at radius 1 is 1.38 bits per heavy atom. The number of aldehydes is 1. The highest BCUT2D eigenvalue weighted by Gasteiger charge is 2.14. The minimum atomic E-state index is -2.76. The highest BCUT2D eigenvalue weighted by Crippen LogP contribution is 2.25. The number of hydrogen-bond donors (Lipinski definition) is 2. The number of aromatic nitrogens is 1. The number of hydrogen-bond acceptors (Lipinski definition) is 4. The minimum Gasteiger partial charge on any atom is -0.383 e. The topological polar surface area (TPSA) is 82.0 Å². The molecule has 4 N–H and O–H groups in total. The number of halogens is 2. The number of carbonyl (C=O) groups is 1. The van der Waals surface area contributed by atoms with Crippen molar-refractivity contribution < 1.29 is 13.6 Å². The van der Waals surface area contributed by atoms with Crippen molar-refractivity contribution in [2.75, 3.05) is 11.5 Å². The van der Waals surface area contributed by atoms with Gasteiger partial charge in [-0.3, -0.25) is 4.79 Å². The summed E-state index contributed by atoms with van der Waals surface area (Å²) >= 11 is 0. The van der Waals surface area contributed by atoms with Crippen molar-refractivity contribution in [3.63, 3.8) is 0 Å². The molecule has 0 aliphatic carbocycles. The minimum absolute atomic E-state index is 0.0792. The van der Waals surface area contributed by atoms with Crippen LogP contribution in [0.15, 0.2) is 6.07 Å². The average Bonchev–Trinajstić information content (AvgIpc) is 2.03. The Bertz CT molecular complexity index is 341. The van der Waals surface area contributed by atoms with E-state index in [1.54, 1.807) is 0 Å². The molecule has 0 saturated carbocycles. The smallest absolute Gasteiger partial charge is 0.267 e. The van der Waals surface area contributed by atoms with Gasteiger partial charge in [0.1, 0.15) is 11.6 Å². The summed E-state index contributed by atoms with van der Waals surface area (Å²) in [5.41, 5.74) is 9.84. The van der Waals surface area contributed by atoms with Crippen molar-refractivity contribution >= 4 is 17.9 Å². The zero-order chi connectivity index (χ0) is 10.0. The molecule has 0 saturated heterocycles. The molecule has 70 valence electrons. The summed E-state index contributed by atoms with van der Waals surface area (Å²) in [7, 11) is 0. The van der Waals surface area contributed by atoms with E-state index in [-0.39, 0.29) is 17.2 Å². The molecule has 0 spiro atoms. The maximum Gasteiger partial charge on any atom is 0.267 e. The Morgan fingerprint density at radius 3 is 2.46 bits per heavy atom. The van der Waals surface area contributed by atoms with E-state index >= 15 is 0 Å². The van der Waals surface area contributed by atoms with Crippen molar-refractivity contribution in [3.8, 4) is 0 Å². The standard InChI is InChI=1S/C7H7F2N3O/c8-5(9)4-1-3(2-13)6(10)12-7(4)11/h1-2,5H,(H4,10,11,12). The van der Waals surface area contributed by atoms with E-state index in [1.165, 1.54) is 0 Å². The van der Waals surface area contributed by atoms with E-state index in [0.29, 0.717) is 6.29 Å². The van der Waals surface area contributed by atoms with Crippen LogP contribution in [-0.2, 0) is 0 Å². The van der Waals surface area contributed by atoms with Crippen molar-refractivity contribution in [2.45, 2.75) is 6.43 Å². The lowest BCUT2D eigenvalue weighted by Gasteiger charge is -2.05. The summed E-state index contributed by atoms with van der Waals surface area (Å²) in [6.07, 6.45) is -2.40. The Labute approximate surface area is 72.6 Å². The number of nitrogens with two attached hydrogens (primary N) is 2. The lowest BCUT2D eigenvalue weighted by molar-refractivity contribution is 0.112.